The van der Waals surface area contributed by atoms with Crippen molar-refractivity contribution in [1.82, 2.24) is 20.4 Å². The molecule has 0 radical (unpaired) electrons. The van der Waals surface area contributed by atoms with Crippen LogP contribution in [0.1, 0.15) is 0 Å². The number of ether oxygens (including phenoxy) is 1. The normalized spacial score (nSPS) is 13.4. The third-order valence-electron chi connectivity index (χ3n) is 4.27. The van der Waals surface area contributed by atoms with E-state index in [9.17, 15) is 0 Å². The molecule has 0 aliphatic carbocycles. The van der Waals surface area contributed by atoms with Crippen LogP contribution in [0.5, 0.6) is 0 Å². The molecule has 1 aliphatic rings. The van der Waals surface area contributed by atoms with Gasteiger partial charge in [-0.05, 0) is 36.5 Å². The third kappa shape index (κ3) is 5.52. The molecule has 0 bridgehead atoms. The van der Waals surface area contributed by atoms with Crippen LogP contribution in [0.15, 0.2) is 60.7 Å². The second-order valence-electron chi connectivity index (χ2n) is 6.44. The van der Waals surface area contributed by atoms with Gasteiger partial charge < -0.3 is 20.3 Å². The van der Waals surface area contributed by atoms with Crippen LogP contribution < -0.4 is 26.4 Å². The van der Waals surface area contributed by atoms with Gasteiger partial charge >= 0.3 is 0 Å². The van der Waals surface area contributed by atoms with E-state index in [4.69, 9.17) is 17.0 Å². The van der Waals surface area contributed by atoms with Crippen molar-refractivity contribution in [3.05, 3.63) is 60.7 Å². The second kappa shape index (κ2) is 9.81. The molecule has 0 unspecified atom stereocenters. The topological polar surface area (TPSA) is 99.3 Å². The zero-order valence-corrected chi connectivity index (χ0v) is 17.0. The Morgan fingerprint density at radius 3 is 2.17 bits per heavy atom. The lowest BCUT2D eigenvalue weighted by molar-refractivity contribution is 0.122. The minimum atomic E-state index is 0.349. The van der Waals surface area contributed by atoms with Crippen molar-refractivity contribution in [2.24, 2.45) is 0 Å². The number of aromatic nitrogens is 3. The van der Waals surface area contributed by atoms with Crippen molar-refractivity contribution in [1.29, 1.82) is 0 Å². The maximum Gasteiger partial charge on any atom is 0.248 e. The summed E-state index contributed by atoms with van der Waals surface area (Å²) in [7, 11) is 0. The van der Waals surface area contributed by atoms with Crippen molar-refractivity contribution < 1.29 is 4.74 Å². The molecule has 9 nitrogen and oxygen atoms in total. The van der Waals surface area contributed by atoms with Crippen LogP contribution in [0, 0.1) is 0 Å². The van der Waals surface area contributed by atoms with Crippen LogP contribution in [0.4, 0.5) is 29.2 Å². The maximum atomic E-state index is 5.43. The number of hydrogen-bond acceptors (Lipinski definition) is 8. The largest absolute Gasteiger partial charge is 0.378 e. The highest BCUT2D eigenvalue weighted by molar-refractivity contribution is 7.80. The molecule has 3 aromatic rings. The Morgan fingerprint density at radius 2 is 1.47 bits per heavy atom. The molecule has 0 spiro atoms. The van der Waals surface area contributed by atoms with E-state index < -0.39 is 0 Å². The number of hydrazine groups is 1. The van der Waals surface area contributed by atoms with Crippen LogP contribution in [0.25, 0.3) is 0 Å². The summed E-state index contributed by atoms with van der Waals surface area (Å²) in [6.45, 7) is 2.71. The molecule has 4 N–H and O–H groups in total. The second-order valence-corrected chi connectivity index (χ2v) is 6.85. The van der Waals surface area contributed by atoms with Crippen molar-refractivity contribution in [3.63, 3.8) is 0 Å². The molecule has 30 heavy (non-hydrogen) atoms. The standard InChI is InChI=1S/C20H22N8OS/c30-20(22-16-9-5-2-6-10-16)27-26-18-23-17(21-15-7-3-1-4-8-15)24-19(25-18)28-11-13-29-14-12-28/h1-10H,11-14H2,(H2,22,27,30)(H2,21,23,24,25,26). The smallest absolute Gasteiger partial charge is 0.248 e. The first-order chi connectivity index (χ1) is 14.8. The quantitative estimate of drug-likeness (QED) is 0.350. The molecule has 1 aromatic heterocycles. The summed E-state index contributed by atoms with van der Waals surface area (Å²) in [4.78, 5) is 15.6. The maximum absolute atomic E-state index is 5.43. The van der Waals surface area contributed by atoms with E-state index in [1.165, 1.54) is 0 Å². The number of morpholine rings is 1. The summed E-state index contributed by atoms with van der Waals surface area (Å²) in [5.74, 6) is 1.35. The summed E-state index contributed by atoms with van der Waals surface area (Å²) in [5, 5.41) is 6.70. The number of thiocarbonyl (C=S) groups is 1. The van der Waals surface area contributed by atoms with E-state index in [0.29, 0.717) is 36.2 Å². The van der Waals surface area contributed by atoms with E-state index in [-0.39, 0.29) is 0 Å². The Labute approximate surface area is 179 Å². The predicted molar refractivity (Wildman–Crippen MR) is 122 cm³/mol. The number of para-hydroxylation sites is 2. The molecule has 0 saturated carbocycles. The van der Waals surface area contributed by atoms with Crippen LogP contribution in [0.3, 0.4) is 0 Å². The number of nitrogens with zero attached hydrogens (tertiary/aromatic N) is 4. The first kappa shape index (κ1) is 19.8. The first-order valence-corrected chi connectivity index (χ1v) is 9.96. The molecule has 2 aromatic carbocycles. The van der Waals surface area contributed by atoms with E-state index in [0.717, 1.165) is 24.5 Å². The van der Waals surface area contributed by atoms with Crippen LogP contribution >= 0.6 is 12.2 Å². The van der Waals surface area contributed by atoms with Gasteiger partial charge in [-0.2, -0.15) is 15.0 Å². The van der Waals surface area contributed by atoms with Gasteiger partial charge in [-0.3, -0.25) is 10.9 Å². The van der Waals surface area contributed by atoms with Gasteiger partial charge in [-0.1, -0.05) is 36.4 Å². The van der Waals surface area contributed by atoms with Crippen LogP contribution in [-0.4, -0.2) is 46.4 Å². The monoisotopic (exact) mass is 422 g/mol. The summed E-state index contributed by atoms with van der Waals surface area (Å²) >= 11 is 5.33. The zero-order chi connectivity index (χ0) is 20.6. The van der Waals surface area contributed by atoms with Crippen molar-refractivity contribution in [2.45, 2.75) is 0 Å². The SMILES string of the molecule is S=C(NNc1nc(Nc2ccccc2)nc(N2CCOCC2)n1)Nc1ccccc1. The Bertz CT molecular complexity index is 967. The van der Waals surface area contributed by atoms with Gasteiger partial charge in [-0.25, -0.2) is 0 Å². The summed E-state index contributed by atoms with van der Waals surface area (Å²) in [5.41, 5.74) is 7.64. The Kier molecular flexibility index (Phi) is 6.47. The van der Waals surface area contributed by atoms with Gasteiger partial charge in [0.15, 0.2) is 5.11 Å². The van der Waals surface area contributed by atoms with Crippen molar-refractivity contribution in [2.75, 3.05) is 47.3 Å². The van der Waals surface area contributed by atoms with E-state index in [1.54, 1.807) is 0 Å². The fraction of sp³-hybridized carbons (Fsp3) is 0.200. The molecule has 0 amide bonds. The van der Waals surface area contributed by atoms with Gasteiger partial charge in [-0.15, -0.1) is 0 Å². The van der Waals surface area contributed by atoms with E-state index in [1.807, 2.05) is 60.7 Å². The average Bonchev–Trinajstić information content (AvgIpc) is 2.79. The molecular formula is C20H22N8OS. The minimum absolute atomic E-state index is 0.349. The number of anilines is 5. The summed E-state index contributed by atoms with van der Waals surface area (Å²) < 4.78 is 5.43. The molecule has 1 saturated heterocycles. The van der Waals surface area contributed by atoms with Crippen molar-refractivity contribution in [3.8, 4) is 0 Å². The van der Waals surface area contributed by atoms with Gasteiger partial charge in [0.1, 0.15) is 0 Å². The Hall–Kier alpha value is -3.50. The van der Waals surface area contributed by atoms with Crippen LogP contribution in [0.2, 0.25) is 0 Å². The number of benzene rings is 2. The fourth-order valence-corrected chi connectivity index (χ4v) is 3.00. The molecule has 1 aliphatic heterocycles. The highest BCUT2D eigenvalue weighted by Gasteiger charge is 2.17. The highest BCUT2D eigenvalue weighted by atomic mass is 32.1. The average molecular weight is 423 g/mol. The zero-order valence-electron chi connectivity index (χ0n) is 16.2. The number of rotatable bonds is 6. The lowest BCUT2D eigenvalue weighted by Crippen LogP contribution is -2.38. The fourth-order valence-electron chi connectivity index (χ4n) is 2.83. The van der Waals surface area contributed by atoms with E-state index >= 15 is 0 Å². The molecule has 1 fully saturated rings. The van der Waals surface area contributed by atoms with Crippen molar-refractivity contribution >= 4 is 46.6 Å². The molecule has 10 heteroatoms. The molecule has 4 rings (SSSR count). The lowest BCUT2D eigenvalue weighted by Gasteiger charge is -2.27. The number of nitrogens with one attached hydrogen (secondary N) is 4. The van der Waals surface area contributed by atoms with Crippen LogP contribution in [-0.2, 0) is 4.74 Å². The van der Waals surface area contributed by atoms with Gasteiger partial charge in [0.2, 0.25) is 17.8 Å². The molecule has 0 atom stereocenters. The summed E-state index contributed by atoms with van der Waals surface area (Å²) in [6, 6.07) is 19.4. The Balaban J connectivity index is 1.48. The van der Waals surface area contributed by atoms with E-state index in [2.05, 4.69) is 41.3 Å². The first-order valence-electron chi connectivity index (χ1n) is 9.55. The molecule has 2 heterocycles. The number of hydrogen-bond donors (Lipinski definition) is 4. The lowest BCUT2D eigenvalue weighted by atomic mass is 10.3. The molecular weight excluding hydrogens is 400 g/mol. The molecule has 154 valence electrons. The van der Waals surface area contributed by atoms with Gasteiger partial charge in [0, 0.05) is 24.5 Å². The predicted octanol–water partition coefficient (Wildman–Crippen LogP) is 2.77. The van der Waals surface area contributed by atoms with Gasteiger partial charge in [0.05, 0.1) is 13.2 Å². The Morgan fingerprint density at radius 1 is 0.833 bits per heavy atom. The third-order valence-corrected chi connectivity index (χ3v) is 4.47. The minimum Gasteiger partial charge on any atom is -0.378 e. The summed E-state index contributed by atoms with van der Waals surface area (Å²) in [6.07, 6.45) is 0. The van der Waals surface area contributed by atoms with Gasteiger partial charge in [0.25, 0.3) is 0 Å². The highest BCUT2D eigenvalue weighted by Crippen LogP contribution is 2.18.